The van der Waals surface area contributed by atoms with Crippen molar-refractivity contribution in [3.8, 4) is 11.9 Å². The number of rotatable bonds is 6. The summed E-state index contributed by atoms with van der Waals surface area (Å²) in [6.45, 7) is 1.44. The first-order valence-electron chi connectivity index (χ1n) is 11.7. The summed E-state index contributed by atoms with van der Waals surface area (Å²) < 4.78 is 11.7. The van der Waals surface area contributed by atoms with Crippen LogP contribution in [0.4, 0.5) is 5.82 Å². The van der Waals surface area contributed by atoms with Crippen molar-refractivity contribution in [2.45, 2.75) is 56.2 Å². The maximum Gasteiger partial charge on any atom is 0.248 e. The highest BCUT2D eigenvalue weighted by Gasteiger charge is 2.43. The van der Waals surface area contributed by atoms with Crippen LogP contribution in [0.15, 0.2) is 36.7 Å². The number of fused-ring (bicyclic) bond motifs is 2. The highest BCUT2D eigenvalue weighted by atomic mass is 16.5. The quantitative estimate of drug-likeness (QED) is 0.672. The Labute approximate surface area is 194 Å². The molecule has 2 aromatic rings. The maximum atomic E-state index is 13.2. The van der Waals surface area contributed by atoms with E-state index in [0.717, 1.165) is 49.9 Å². The summed E-state index contributed by atoms with van der Waals surface area (Å²) in [5, 5.41) is 9.03. The lowest BCUT2D eigenvalue weighted by atomic mass is 9.92. The maximum absolute atomic E-state index is 13.2. The van der Waals surface area contributed by atoms with Crippen molar-refractivity contribution in [2.24, 2.45) is 0 Å². The number of carbonyl (C=O) groups is 1. The number of aromatic nitrogens is 2. The van der Waals surface area contributed by atoms with Crippen molar-refractivity contribution in [3.05, 3.63) is 47.8 Å². The first-order chi connectivity index (χ1) is 16.1. The van der Waals surface area contributed by atoms with Crippen LogP contribution in [0, 0.1) is 11.3 Å². The fourth-order valence-electron chi connectivity index (χ4n) is 5.64. The molecule has 33 heavy (non-hydrogen) atoms. The Morgan fingerprint density at radius 1 is 1.18 bits per heavy atom. The summed E-state index contributed by atoms with van der Waals surface area (Å²) >= 11 is 0. The lowest BCUT2D eigenvalue weighted by molar-refractivity contribution is -0.145. The van der Waals surface area contributed by atoms with E-state index in [4.69, 9.17) is 14.7 Å². The van der Waals surface area contributed by atoms with Crippen LogP contribution in [0.2, 0.25) is 0 Å². The Morgan fingerprint density at radius 2 is 1.94 bits per heavy atom. The number of anilines is 1. The second kappa shape index (κ2) is 8.99. The number of ether oxygens (including phenoxy) is 2. The molecule has 0 N–H and O–H groups in total. The number of likely N-dealkylation sites (tertiary alicyclic amines) is 1. The highest BCUT2D eigenvalue weighted by molar-refractivity contribution is 5.78. The van der Waals surface area contributed by atoms with Gasteiger partial charge in [0.15, 0.2) is 0 Å². The fourth-order valence-corrected chi connectivity index (χ4v) is 5.64. The lowest BCUT2D eigenvalue weighted by Crippen LogP contribution is -2.56. The monoisotopic (exact) mass is 447 g/mol. The molecule has 2 aromatic heterocycles. The molecule has 2 bridgehead atoms. The largest absolute Gasteiger partial charge is 0.481 e. The number of nitriles is 1. The molecule has 3 fully saturated rings. The van der Waals surface area contributed by atoms with Crippen LogP contribution in [0.25, 0.3) is 0 Å². The zero-order valence-electron chi connectivity index (χ0n) is 18.9. The minimum atomic E-state index is -0.445. The first-order valence-corrected chi connectivity index (χ1v) is 11.7. The number of nitrogens with zero attached hydrogens (tertiary/aromatic N) is 5. The molecule has 2 saturated heterocycles. The van der Waals surface area contributed by atoms with Crippen LogP contribution in [-0.2, 0) is 15.1 Å². The molecule has 172 valence electrons. The van der Waals surface area contributed by atoms with Gasteiger partial charge in [0, 0.05) is 43.6 Å². The number of methoxy groups -OCH3 is 1. The normalized spacial score (nSPS) is 23.4. The first kappa shape index (κ1) is 21.7. The molecule has 0 aromatic carbocycles. The summed E-state index contributed by atoms with van der Waals surface area (Å²) in [5.41, 5.74) is 1.15. The number of hydrogen-bond donors (Lipinski definition) is 0. The second-order valence-corrected chi connectivity index (χ2v) is 9.18. The van der Waals surface area contributed by atoms with Gasteiger partial charge in [0.1, 0.15) is 18.5 Å². The van der Waals surface area contributed by atoms with Crippen LogP contribution < -0.4 is 9.64 Å². The molecule has 2 aliphatic heterocycles. The Hall–Kier alpha value is -3.18. The van der Waals surface area contributed by atoms with Gasteiger partial charge >= 0.3 is 0 Å². The van der Waals surface area contributed by atoms with Gasteiger partial charge in [0.2, 0.25) is 11.8 Å². The average molecular weight is 448 g/mol. The zero-order chi connectivity index (χ0) is 22.8. The van der Waals surface area contributed by atoms with Gasteiger partial charge in [-0.3, -0.25) is 4.79 Å². The van der Waals surface area contributed by atoms with Crippen molar-refractivity contribution < 1.29 is 14.3 Å². The van der Waals surface area contributed by atoms with E-state index in [1.807, 2.05) is 29.2 Å². The molecule has 3 aliphatic rings. The standard InChI is InChI=1S/C25H29N5O3/c1-32-23-12-19(8-11-27-23)25(9-2-3-10-25)33-17-24(31)29-15-20-5-6-21(16-29)30(20)22-7-4-18(13-26)14-28-22/h4,7-8,11-12,14,20-21H,2-3,5-6,9-10,15-17H2,1H3. The van der Waals surface area contributed by atoms with E-state index in [0.29, 0.717) is 24.5 Å². The van der Waals surface area contributed by atoms with Gasteiger partial charge in [-0.25, -0.2) is 9.97 Å². The van der Waals surface area contributed by atoms with Crippen LogP contribution >= 0.6 is 0 Å². The molecule has 1 amide bonds. The molecule has 4 heterocycles. The summed E-state index contributed by atoms with van der Waals surface area (Å²) in [5.74, 6) is 1.51. The molecule has 8 nitrogen and oxygen atoms in total. The Bertz CT molecular complexity index is 1030. The number of pyridine rings is 2. The molecule has 0 radical (unpaired) electrons. The molecular formula is C25H29N5O3. The smallest absolute Gasteiger partial charge is 0.248 e. The van der Waals surface area contributed by atoms with E-state index in [2.05, 4.69) is 20.9 Å². The molecule has 2 unspecified atom stereocenters. The highest BCUT2D eigenvalue weighted by Crippen LogP contribution is 2.43. The van der Waals surface area contributed by atoms with Crippen molar-refractivity contribution in [1.29, 1.82) is 5.26 Å². The zero-order valence-corrected chi connectivity index (χ0v) is 18.9. The van der Waals surface area contributed by atoms with E-state index in [1.54, 1.807) is 19.5 Å². The van der Waals surface area contributed by atoms with Gasteiger partial charge in [-0.15, -0.1) is 0 Å². The van der Waals surface area contributed by atoms with Crippen molar-refractivity contribution in [1.82, 2.24) is 14.9 Å². The number of piperazine rings is 1. The minimum Gasteiger partial charge on any atom is -0.481 e. The molecule has 8 heteroatoms. The third kappa shape index (κ3) is 4.13. The molecule has 1 aliphatic carbocycles. The van der Waals surface area contributed by atoms with E-state index >= 15 is 0 Å². The molecule has 2 atom stereocenters. The van der Waals surface area contributed by atoms with Crippen LogP contribution in [0.5, 0.6) is 5.88 Å². The van der Waals surface area contributed by atoms with E-state index in [-0.39, 0.29) is 24.6 Å². The van der Waals surface area contributed by atoms with Crippen LogP contribution in [-0.4, -0.2) is 59.7 Å². The topological polar surface area (TPSA) is 91.6 Å². The van der Waals surface area contributed by atoms with Crippen molar-refractivity contribution in [2.75, 3.05) is 31.7 Å². The van der Waals surface area contributed by atoms with Gasteiger partial charge in [-0.05, 0) is 49.4 Å². The van der Waals surface area contributed by atoms with Gasteiger partial charge in [0.05, 0.1) is 18.3 Å². The predicted molar refractivity (Wildman–Crippen MR) is 122 cm³/mol. The number of amides is 1. The Morgan fingerprint density at radius 3 is 2.58 bits per heavy atom. The third-order valence-electron chi connectivity index (χ3n) is 7.33. The SMILES string of the molecule is COc1cc(C2(OCC(=O)N3CC4CCC(C3)N4c3ccc(C#N)cn3)CCCC2)ccn1. The predicted octanol–water partition coefficient (Wildman–Crippen LogP) is 3.02. The Balaban J connectivity index is 1.25. The molecule has 0 spiro atoms. The molecular weight excluding hydrogens is 418 g/mol. The molecule has 5 rings (SSSR count). The third-order valence-corrected chi connectivity index (χ3v) is 7.33. The average Bonchev–Trinajstić information content (AvgIpc) is 3.45. The second-order valence-electron chi connectivity index (χ2n) is 9.18. The van der Waals surface area contributed by atoms with Gasteiger partial charge in [-0.2, -0.15) is 5.26 Å². The summed E-state index contributed by atoms with van der Waals surface area (Å²) in [7, 11) is 1.61. The van der Waals surface area contributed by atoms with E-state index in [9.17, 15) is 4.79 Å². The summed E-state index contributed by atoms with van der Waals surface area (Å²) in [4.78, 5) is 26.2. The fraction of sp³-hybridized carbons (Fsp3) is 0.520. The van der Waals surface area contributed by atoms with Crippen molar-refractivity contribution >= 4 is 11.7 Å². The minimum absolute atomic E-state index is 0.0478. The Kier molecular flexibility index (Phi) is 5.90. The van der Waals surface area contributed by atoms with Crippen LogP contribution in [0.1, 0.15) is 49.7 Å². The number of hydrogen-bond acceptors (Lipinski definition) is 7. The lowest BCUT2D eigenvalue weighted by Gasteiger charge is -2.42. The molecule has 1 saturated carbocycles. The number of carbonyl (C=O) groups excluding carboxylic acids is 1. The summed E-state index contributed by atoms with van der Waals surface area (Å²) in [6, 6.07) is 10.2. The summed E-state index contributed by atoms with van der Waals surface area (Å²) in [6.07, 6.45) is 9.41. The van der Waals surface area contributed by atoms with Crippen LogP contribution in [0.3, 0.4) is 0 Å². The van der Waals surface area contributed by atoms with E-state index < -0.39 is 5.60 Å². The van der Waals surface area contributed by atoms with E-state index in [1.165, 1.54) is 0 Å². The van der Waals surface area contributed by atoms with Gasteiger partial charge < -0.3 is 19.3 Å². The van der Waals surface area contributed by atoms with Gasteiger partial charge in [-0.1, -0.05) is 12.8 Å². The van der Waals surface area contributed by atoms with Gasteiger partial charge in [0.25, 0.3) is 0 Å². The van der Waals surface area contributed by atoms with Crippen molar-refractivity contribution in [3.63, 3.8) is 0 Å².